The van der Waals surface area contributed by atoms with Gasteiger partial charge in [-0.05, 0) is 13.8 Å². The number of aromatic nitrogens is 2. The lowest BCUT2D eigenvalue weighted by molar-refractivity contribution is 0.238. The van der Waals surface area contributed by atoms with Gasteiger partial charge in [0.1, 0.15) is 0 Å². The van der Waals surface area contributed by atoms with Crippen LogP contribution in [0.1, 0.15) is 19.4 Å². The maximum absolute atomic E-state index is 11.1. The number of nitrogens with one attached hydrogen (secondary N) is 3. The number of carbonyl (C=O) groups is 1. The van der Waals surface area contributed by atoms with Crippen LogP contribution in [0.5, 0.6) is 0 Å². The summed E-state index contributed by atoms with van der Waals surface area (Å²) in [5.41, 5.74) is 0.957. The number of H-pyrrole nitrogens is 1. The summed E-state index contributed by atoms with van der Waals surface area (Å²) in [6.45, 7) is 4.32. The van der Waals surface area contributed by atoms with E-state index in [0.717, 1.165) is 5.56 Å². The molecule has 5 nitrogen and oxygen atoms in total. The van der Waals surface area contributed by atoms with Gasteiger partial charge in [0.05, 0.1) is 6.20 Å². The van der Waals surface area contributed by atoms with Crippen molar-refractivity contribution >= 4 is 6.03 Å². The van der Waals surface area contributed by atoms with Crippen molar-refractivity contribution in [3.63, 3.8) is 0 Å². The third-order valence-corrected chi connectivity index (χ3v) is 1.43. The minimum absolute atomic E-state index is 0.156. The van der Waals surface area contributed by atoms with E-state index in [1.54, 1.807) is 12.4 Å². The molecule has 0 spiro atoms. The molecular formula is C8H14N4O. The van der Waals surface area contributed by atoms with E-state index < -0.39 is 0 Å². The lowest BCUT2D eigenvalue weighted by Gasteiger charge is -2.08. The van der Waals surface area contributed by atoms with E-state index in [-0.39, 0.29) is 12.1 Å². The van der Waals surface area contributed by atoms with Crippen LogP contribution in [0, 0.1) is 0 Å². The Hall–Kier alpha value is -1.52. The zero-order chi connectivity index (χ0) is 9.68. The van der Waals surface area contributed by atoms with Crippen molar-refractivity contribution < 1.29 is 4.79 Å². The first-order chi connectivity index (χ1) is 6.18. The highest BCUT2D eigenvalue weighted by Gasteiger charge is 2.01. The quantitative estimate of drug-likeness (QED) is 0.641. The molecule has 13 heavy (non-hydrogen) atoms. The van der Waals surface area contributed by atoms with Gasteiger partial charge in [-0.1, -0.05) is 0 Å². The first-order valence-corrected chi connectivity index (χ1v) is 4.20. The van der Waals surface area contributed by atoms with Gasteiger partial charge in [0.25, 0.3) is 0 Å². The Morgan fingerprint density at radius 2 is 2.46 bits per heavy atom. The van der Waals surface area contributed by atoms with E-state index in [1.807, 2.05) is 13.8 Å². The van der Waals surface area contributed by atoms with E-state index in [9.17, 15) is 4.79 Å². The summed E-state index contributed by atoms with van der Waals surface area (Å²) < 4.78 is 0. The second kappa shape index (κ2) is 4.49. The van der Waals surface area contributed by atoms with Crippen molar-refractivity contribution in [3.05, 3.63) is 18.0 Å². The third kappa shape index (κ3) is 3.59. The van der Waals surface area contributed by atoms with Crippen molar-refractivity contribution in [1.29, 1.82) is 0 Å². The number of hydrogen-bond donors (Lipinski definition) is 3. The van der Waals surface area contributed by atoms with E-state index in [2.05, 4.69) is 20.8 Å². The van der Waals surface area contributed by atoms with Gasteiger partial charge in [-0.3, -0.25) is 5.10 Å². The second-order valence-corrected chi connectivity index (χ2v) is 3.09. The van der Waals surface area contributed by atoms with Crippen molar-refractivity contribution in [2.75, 3.05) is 0 Å². The highest BCUT2D eigenvalue weighted by atomic mass is 16.2. The normalized spacial score (nSPS) is 10.1. The second-order valence-electron chi connectivity index (χ2n) is 3.09. The number of amides is 2. The van der Waals surface area contributed by atoms with Crippen LogP contribution in [0.3, 0.4) is 0 Å². The number of rotatable bonds is 3. The van der Waals surface area contributed by atoms with Gasteiger partial charge in [-0.25, -0.2) is 4.79 Å². The maximum Gasteiger partial charge on any atom is 0.315 e. The van der Waals surface area contributed by atoms with Gasteiger partial charge in [0, 0.05) is 24.3 Å². The van der Waals surface area contributed by atoms with Crippen molar-refractivity contribution in [1.82, 2.24) is 20.8 Å². The van der Waals surface area contributed by atoms with Crippen LogP contribution in [-0.2, 0) is 6.54 Å². The van der Waals surface area contributed by atoms with Gasteiger partial charge in [0.2, 0.25) is 0 Å². The Kier molecular flexibility index (Phi) is 3.31. The molecule has 0 aliphatic heterocycles. The number of aromatic amines is 1. The van der Waals surface area contributed by atoms with Crippen LogP contribution in [0.2, 0.25) is 0 Å². The average molecular weight is 182 g/mol. The lowest BCUT2D eigenvalue weighted by atomic mass is 10.3. The van der Waals surface area contributed by atoms with Crippen LogP contribution >= 0.6 is 0 Å². The summed E-state index contributed by atoms with van der Waals surface area (Å²) in [7, 11) is 0. The number of urea groups is 1. The molecule has 0 fully saturated rings. The fraction of sp³-hybridized carbons (Fsp3) is 0.500. The molecule has 0 saturated heterocycles. The Morgan fingerprint density at radius 3 is 3.00 bits per heavy atom. The van der Waals surface area contributed by atoms with E-state index in [4.69, 9.17) is 0 Å². The molecule has 1 aromatic heterocycles. The van der Waals surface area contributed by atoms with Crippen LogP contribution in [0.4, 0.5) is 4.79 Å². The van der Waals surface area contributed by atoms with Gasteiger partial charge in [-0.2, -0.15) is 5.10 Å². The molecule has 0 bridgehead atoms. The summed E-state index contributed by atoms with van der Waals surface area (Å²) in [4.78, 5) is 11.1. The predicted molar refractivity (Wildman–Crippen MR) is 49.1 cm³/mol. The van der Waals surface area contributed by atoms with E-state index >= 15 is 0 Å². The summed E-state index contributed by atoms with van der Waals surface area (Å²) in [5.74, 6) is 0. The Labute approximate surface area is 76.9 Å². The number of nitrogens with zero attached hydrogens (tertiary/aromatic N) is 1. The molecule has 1 heterocycles. The fourth-order valence-electron chi connectivity index (χ4n) is 0.870. The minimum atomic E-state index is -0.156. The molecule has 2 amide bonds. The van der Waals surface area contributed by atoms with Gasteiger partial charge in [0.15, 0.2) is 0 Å². The Balaban J connectivity index is 2.23. The van der Waals surface area contributed by atoms with Crippen molar-refractivity contribution in [2.45, 2.75) is 26.4 Å². The summed E-state index contributed by atoms with van der Waals surface area (Å²) in [6, 6.07) is 0.000509. The first-order valence-electron chi connectivity index (χ1n) is 4.20. The molecule has 0 aliphatic carbocycles. The SMILES string of the molecule is CC(C)NC(=O)NCc1cn[nH]c1. The van der Waals surface area contributed by atoms with E-state index in [1.165, 1.54) is 0 Å². The highest BCUT2D eigenvalue weighted by molar-refractivity contribution is 5.74. The highest BCUT2D eigenvalue weighted by Crippen LogP contribution is 1.91. The standard InChI is InChI=1S/C8H14N4O/c1-6(2)12-8(13)9-3-7-4-10-11-5-7/h4-6H,3H2,1-2H3,(H,10,11)(H2,9,12,13). The van der Waals surface area contributed by atoms with Crippen LogP contribution in [0.25, 0.3) is 0 Å². The third-order valence-electron chi connectivity index (χ3n) is 1.43. The van der Waals surface area contributed by atoms with Gasteiger partial charge >= 0.3 is 6.03 Å². The van der Waals surface area contributed by atoms with Crippen molar-refractivity contribution in [3.8, 4) is 0 Å². The van der Waals surface area contributed by atoms with Gasteiger partial charge < -0.3 is 10.6 Å². The molecular weight excluding hydrogens is 168 g/mol. The number of carbonyl (C=O) groups excluding carboxylic acids is 1. The summed E-state index contributed by atoms with van der Waals surface area (Å²) >= 11 is 0. The number of hydrogen-bond acceptors (Lipinski definition) is 2. The van der Waals surface area contributed by atoms with Crippen LogP contribution in [0.15, 0.2) is 12.4 Å². The maximum atomic E-state index is 11.1. The predicted octanol–water partition coefficient (Wildman–Crippen LogP) is 0.617. The van der Waals surface area contributed by atoms with Crippen molar-refractivity contribution in [2.24, 2.45) is 0 Å². The van der Waals surface area contributed by atoms with Gasteiger partial charge in [-0.15, -0.1) is 0 Å². The molecule has 0 unspecified atom stereocenters. The van der Waals surface area contributed by atoms with Crippen LogP contribution < -0.4 is 10.6 Å². The van der Waals surface area contributed by atoms with E-state index in [0.29, 0.717) is 6.54 Å². The fourth-order valence-corrected chi connectivity index (χ4v) is 0.870. The molecule has 0 aliphatic rings. The van der Waals surface area contributed by atoms with Crippen LogP contribution in [-0.4, -0.2) is 22.3 Å². The monoisotopic (exact) mass is 182 g/mol. The molecule has 0 aromatic carbocycles. The molecule has 1 aromatic rings. The molecule has 72 valence electrons. The smallest absolute Gasteiger partial charge is 0.315 e. The Bertz CT molecular complexity index is 255. The zero-order valence-electron chi connectivity index (χ0n) is 7.79. The molecule has 0 radical (unpaired) electrons. The molecule has 3 N–H and O–H groups in total. The zero-order valence-corrected chi connectivity index (χ0v) is 7.79. The molecule has 1 rings (SSSR count). The minimum Gasteiger partial charge on any atom is -0.336 e. The molecule has 5 heteroatoms. The lowest BCUT2D eigenvalue weighted by Crippen LogP contribution is -2.38. The summed E-state index contributed by atoms with van der Waals surface area (Å²) in [5, 5.41) is 11.9. The average Bonchev–Trinajstić information content (AvgIpc) is 2.51. The summed E-state index contributed by atoms with van der Waals surface area (Å²) in [6.07, 6.45) is 3.42. The Morgan fingerprint density at radius 1 is 1.69 bits per heavy atom. The molecule has 0 atom stereocenters. The largest absolute Gasteiger partial charge is 0.336 e. The molecule has 0 saturated carbocycles. The topological polar surface area (TPSA) is 69.8 Å². The first kappa shape index (κ1) is 9.57.